The number of carbonyl (C=O) groups excluding carboxylic acids is 1. The number of Topliss-reactive ketones (excluding diaryl/α,β-unsaturated/α-hetero) is 1. The normalized spacial score (nSPS) is 13.8. The minimum Gasteiger partial charge on any atom is -0.315 e. The average Bonchev–Trinajstić information content (AvgIpc) is 2.43. The standard InChI is InChI=1S/C16H15Cl2NO/c1-16(19,12-5-3-2-4-6-12)15(20)10-11-9-13(17)7-8-14(11)18/h2-9H,10,19H2,1H3. The molecule has 0 aliphatic carbocycles. The molecule has 20 heavy (non-hydrogen) atoms. The van der Waals surface area contributed by atoms with E-state index in [0.717, 1.165) is 5.56 Å². The van der Waals surface area contributed by atoms with Crippen LogP contribution in [0.4, 0.5) is 0 Å². The summed E-state index contributed by atoms with van der Waals surface area (Å²) in [6.45, 7) is 1.71. The van der Waals surface area contributed by atoms with Gasteiger partial charge in [-0.25, -0.2) is 0 Å². The monoisotopic (exact) mass is 307 g/mol. The fourth-order valence-electron chi connectivity index (χ4n) is 1.98. The third-order valence-corrected chi connectivity index (χ3v) is 3.92. The summed E-state index contributed by atoms with van der Waals surface area (Å²) >= 11 is 12.0. The lowest BCUT2D eigenvalue weighted by Crippen LogP contribution is -2.42. The second-order valence-corrected chi connectivity index (χ2v) is 5.75. The van der Waals surface area contributed by atoms with Crippen molar-refractivity contribution in [2.45, 2.75) is 18.9 Å². The summed E-state index contributed by atoms with van der Waals surface area (Å²) in [7, 11) is 0. The molecule has 0 saturated heterocycles. The summed E-state index contributed by atoms with van der Waals surface area (Å²) in [5.41, 5.74) is 6.62. The molecule has 0 spiro atoms. The van der Waals surface area contributed by atoms with Gasteiger partial charge in [-0.3, -0.25) is 4.79 Å². The summed E-state index contributed by atoms with van der Waals surface area (Å²) in [5.74, 6) is -0.104. The van der Waals surface area contributed by atoms with E-state index < -0.39 is 5.54 Å². The number of carbonyl (C=O) groups is 1. The van der Waals surface area contributed by atoms with E-state index in [1.807, 2.05) is 30.3 Å². The quantitative estimate of drug-likeness (QED) is 0.928. The molecule has 0 amide bonds. The largest absolute Gasteiger partial charge is 0.315 e. The Morgan fingerprint density at radius 3 is 2.45 bits per heavy atom. The van der Waals surface area contributed by atoms with Crippen LogP contribution >= 0.6 is 23.2 Å². The van der Waals surface area contributed by atoms with Crippen LogP contribution in [0.5, 0.6) is 0 Å². The molecule has 0 radical (unpaired) electrons. The highest BCUT2D eigenvalue weighted by molar-refractivity contribution is 6.33. The maximum absolute atomic E-state index is 12.5. The van der Waals surface area contributed by atoms with Crippen LogP contribution < -0.4 is 5.73 Å². The van der Waals surface area contributed by atoms with Gasteiger partial charge in [0.05, 0.1) is 5.54 Å². The molecule has 1 atom stereocenters. The van der Waals surface area contributed by atoms with Gasteiger partial charge in [-0.2, -0.15) is 0 Å². The maximum Gasteiger partial charge on any atom is 0.161 e. The Bertz CT molecular complexity index is 624. The highest BCUT2D eigenvalue weighted by atomic mass is 35.5. The van der Waals surface area contributed by atoms with Crippen molar-refractivity contribution >= 4 is 29.0 Å². The molecular weight excluding hydrogens is 293 g/mol. The Labute approximate surface area is 128 Å². The molecule has 2 nitrogen and oxygen atoms in total. The van der Waals surface area contributed by atoms with Gasteiger partial charge >= 0.3 is 0 Å². The van der Waals surface area contributed by atoms with Crippen molar-refractivity contribution in [3.63, 3.8) is 0 Å². The van der Waals surface area contributed by atoms with E-state index in [4.69, 9.17) is 28.9 Å². The lowest BCUT2D eigenvalue weighted by atomic mass is 9.86. The van der Waals surface area contributed by atoms with Crippen molar-refractivity contribution in [1.29, 1.82) is 0 Å². The Morgan fingerprint density at radius 2 is 1.80 bits per heavy atom. The van der Waals surface area contributed by atoms with E-state index in [0.29, 0.717) is 15.6 Å². The third-order valence-electron chi connectivity index (χ3n) is 3.31. The predicted molar refractivity (Wildman–Crippen MR) is 83.2 cm³/mol. The van der Waals surface area contributed by atoms with Crippen molar-refractivity contribution in [2.75, 3.05) is 0 Å². The summed E-state index contributed by atoms with van der Waals surface area (Å²) in [4.78, 5) is 12.5. The highest BCUT2D eigenvalue weighted by Gasteiger charge is 2.30. The van der Waals surface area contributed by atoms with Gasteiger partial charge in [-0.1, -0.05) is 53.5 Å². The summed E-state index contributed by atoms with van der Waals surface area (Å²) in [5, 5.41) is 1.07. The van der Waals surface area contributed by atoms with Gasteiger partial charge < -0.3 is 5.73 Å². The molecule has 104 valence electrons. The molecule has 0 fully saturated rings. The van der Waals surface area contributed by atoms with Crippen LogP contribution in [0.25, 0.3) is 0 Å². The van der Waals surface area contributed by atoms with E-state index in [2.05, 4.69) is 0 Å². The molecule has 0 aliphatic heterocycles. The zero-order valence-electron chi connectivity index (χ0n) is 11.1. The maximum atomic E-state index is 12.5. The molecule has 0 bridgehead atoms. The van der Waals surface area contributed by atoms with Crippen molar-refractivity contribution in [2.24, 2.45) is 5.73 Å². The predicted octanol–water partition coefficient (Wildman–Crippen LogP) is 3.98. The first kappa shape index (κ1) is 15.0. The molecule has 1 unspecified atom stereocenters. The molecule has 4 heteroatoms. The number of ketones is 1. The number of hydrogen-bond acceptors (Lipinski definition) is 2. The molecular formula is C16H15Cl2NO. The second-order valence-electron chi connectivity index (χ2n) is 4.90. The van der Waals surface area contributed by atoms with E-state index in [1.165, 1.54) is 0 Å². The minimum absolute atomic E-state index is 0.104. The smallest absolute Gasteiger partial charge is 0.161 e. The number of nitrogens with two attached hydrogens (primary N) is 1. The highest BCUT2D eigenvalue weighted by Crippen LogP contribution is 2.25. The van der Waals surface area contributed by atoms with Crippen molar-refractivity contribution in [3.8, 4) is 0 Å². The summed E-state index contributed by atoms with van der Waals surface area (Å²) in [6.07, 6.45) is 0.154. The van der Waals surface area contributed by atoms with E-state index in [1.54, 1.807) is 25.1 Å². The average molecular weight is 308 g/mol. The van der Waals surface area contributed by atoms with Crippen molar-refractivity contribution in [3.05, 3.63) is 69.7 Å². The molecule has 0 saturated carbocycles. The Kier molecular flexibility index (Phi) is 4.48. The molecule has 0 aliphatic rings. The van der Waals surface area contributed by atoms with Gasteiger partial charge in [0.2, 0.25) is 0 Å². The first-order chi connectivity index (χ1) is 9.41. The number of rotatable bonds is 4. The number of hydrogen-bond donors (Lipinski definition) is 1. The van der Waals surface area contributed by atoms with E-state index in [-0.39, 0.29) is 12.2 Å². The zero-order chi connectivity index (χ0) is 14.8. The molecule has 2 aromatic carbocycles. The van der Waals surface area contributed by atoms with Gasteiger partial charge in [0.1, 0.15) is 0 Å². The SMILES string of the molecule is CC(N)(C(=O)Cc1cc(Cl)ccc1Cl)c1ccccc1. The summed E-state index contributed by atoms with van der Waals surface area (Å²) < 4.78 is 0. The fraction of sp³-hybridized carbons (Fsp3) is 0.188. The number of halogens is 2. The van der Waals surface area contributed by atoms with Crippen LogP contribution in [0.3, 0.4) is 0 Å². The molecule has 0 aromatic heterocycles. The van der Waals surface area contributed by atoms with Crippen LogP contribution in [0.15, 0.2) is 48.5 Å². The first-order valence-electron chi connectivity index (χ1n) is 6.23. The van der Waals surface area contributed by atoms with Crippen LogP contribution in [0.1, 0.15) is 18.1 Å². The van der Waals surface area contributed by atoms with E-state index >= 15 is 0 Å². The third kappa shape index (κ3) is 3.21. The topological polar surface area (TPSA) is 43.1 Å². The Hall–Kier alpha value is -1.35. The van der Waals surface area contributed by atoms with Gasteiger partial charge in [0, 0.05) is 16.5 Å². The lowest BCUT2D eigenvalue weighted by Gasteiger charge is -2.24. The van der Waals surface area contributed by atoms with Crippen LogP contribution in [0, 0.1) is 0 Å². The van der Waals surface area contributed by atoms with Crippen LogP contribution in [0.2, 0.25) is 10.0 Å². The van der Waals surface area contributed by atoms with Crippen molar-refractivity contribution in [1.82, 2.24) is 0 Å². The van der Waals surface area contributed by atoms with Gasteiger partial charge in [-0.05, 0) is 36.2 Å². The molecule has 0 heterocycles. The summed E-state index contributed by atoms with van der Waals surface area (Å²) in [6, 6.07) is 14.4. The van der Waals surface area contributed by atoms with Crippen LogP contribution in [-0.2, 0) is 16.8 Å². The Morgan fingerprint density at radius 1 is 1.15 bits per heavy atom. The van der Waals surface area contributed by atoms with Gasteiger partial charge in [-0.15, -0.1) is 0 Å². The van der Waals surface area contributed by atoms with Gasteiger partial charge in [0.15, 0.2) is 5.78 Å². The second kappa shape index (κ2) is 5.96. The van der Waals surface area contributed by atoms with Crippen molar-refractivity contribution < 1.29 is 4.79 Å². The first-order valence-corrected chi connectivity index (χ1v) is 6.98. The van der Waals surface area contributed by atoms with Gasteiger partial charge in [0.25, 0.3) is 0 Å². The zero-order valence-corrected chi connectivity index (χ0v) is 12.6. The Balaban J connectivity index is 2.26. The number of benzene rings is 2. The lowest BCUT2D eigenvalue weighted by molar-refractivity contribution is -0.123. The minimum atomic E-state index is -1.05. The van der Waals surface area contributed by atoms with E-state index in [9.17, 15) is 4.79 Å². The van der Waals surface area contributed by atoms with Crippen LogP contribution in [-0.4, -0.2) is 5.78 Å². The fourth-order valence-corrected chi connectivity index (χ4v) is 2.36. The molecule has 2 N–H and O–H groups in total. The molecule has 2 aromatic rings. The molecule has 2 rings (SSSR count).